The summed E-state index contributed by atoms with van der Waals surface area (Å²) >= 11 is 5.07. The Morgan fingerprint density at radius 3 is 2.95 bits per heavy atom. The Labute approximate surface area is 130 Å². The zero-order valence-corrected chi connectivity index (χ0v) is 13.6. The quantitative estimate of drug-likeness (QED) is 0.874. The lowest BCUT2D eigenvalue weighted by Gasteiger charge is -2.06. The highest BCUT2D eigenvalue weighted by molar-refractivity contribution is 9.10. The highest BCUT2D eigenvalue weighted by atomic mass is 79.9. The van der Waals surface area contributed by atoms with Crippen LogP contribution in [-0.4, -0.2) is 10.9 Å². The Hall–Kier alpha value is -1.20. The van der Waals surface area contributed by atoms with Crippen LogP contribution in [0.15, 0.2) is 22.7 Å². The first-order valence-electron chi connectivity index (χ1n) is 6.70. The predicted molar refractivity (Wildman–Crippen MR) is 85.6 cm³/mol. The summed E-state index contributed by atoms with van der Waals surface area (Å²) < 4.78 is 0.948. The summed E-state index contributed by atoms with van der Waals surface area (Å²) in [7, 11) is 0. The number of aromatic nitrogens is 1. The van der Waals surface area contributed by atoms with Gasteiger partial charge in [0, 0.05) is 14.9 Å². The van der Waals surface area contributed by atoms with Crippen LogP contribution in [-0.2, 0) is 12.8 Å². The molecule has 1 aliphatic rings. The summed E-state index contributed by atoms with van der Waals surface area (Å²) in [6.07, 6.45) is 4.57. The number of nitrogens with one attached hydrogen (secondary N) is 1. The molecule has 0 radical (unpaired) electrons. The van der Waals surface area contributed by atoms with Crippen molar-refractivity contribution in [2.75, 3.05) is 5.32 Å². The number of carbonyl (C=O) groups excluding carboxylic acids is 1. The zero-order chi connectivity index (χ0) is 14.1. The zero-order valence-electron chi connectivity index (χ0n) is 11.2. The van der Waals surface area contributed by atoms with Gasteiger partial charge >= 0.3 is 0 Å². The van der Waals surface area contributed by atoms with Crippen LogP contribution in [0.4, 0.5) is 5.13 Å². The van der Waals surface area contributed by atoms with Gasteiger partial charge in [-0.2, -0.15) is 0 Å². The lowest BCUT2D eigenvalue weighted by molar-refractivity contribution is 0.102. The first kappa shape index (κ1) is 13.8. The Kier molecular flexibility index (Phi) is 3.89. The topological polar surface area (TPSA) is 42.0 Å². The molecule has 0 saturated heterocycles. The Morgan fingerprint density at radius 2 is 2.15 bits per heavy atom. The number of thiazole rings is 1. The van der Waals surface area contributed by atoms with Crippen molar-refractivity contribution in [3.8, 4) is 0 Å². The van der Waals surface area contributed by atoms with E-state index in [0.717, 1.165) is 28.0 Å². The maximum Gasteiger partial charge on any atom is 0.257 e. The van der Waals surface area contributed by atoms with E-state index in [9.17, 15) is 4.79 Å². The molecule has 0 unspecified atom stereocenters. The van der Waals surface area contributed by atoms with Crippen LogP contribution in [0, 0.1) is 6.92 Å². The second-order valence-electron chi connectivity index (χ2n) is 4.96. The summed E-state index contributed by atoms with van der Waals surface area (Å²) in [5, 5.41) is 3.65. The lowest BCUT2D eigenvalue weighted by Crippen LogP contribution is -2.13. The fraction of sp³-hybridized carbons (Fsp3) is 0.333. The van der Waals surface area contributed by atoms with Gasteiger partial charge in [-0.3, -0.25) is 10.1 Å². The molecule has 20 heavy (non-hydrogen) atoms. The molecule has 3 nitrogen and oxygen atoms in total. The summed E-state index contributed by atoms with van der Waals surface area (Å²) in [5.74, 6) is -0.0881. The second-order valence-corrected chi connectivity index (χ2v) is 6.90. The maximum atomic E-state index is 12.3. The molecule has 1 aliphatic carbocycles. The van der Waals surface area contributed by atoms with Crippen LogP contribution in [0.1, 0.15) is 39.3 Å². The first-order chi connectivity index (χ1) is 9.65. The van der Waals surface area contributed by atoms with Gasteiger partial charge in [0.1, 0.15) is 0 Å². The van der Waals surface area contributed by atoms with Crippen LogP contribution < -0.4 is 5.32 Å². The molecular weight excluding hydrogens is 336 g/mol. The van der Waals surface area contributed by atoms with E-state index in [1.807, 2.05) is 25.1 Å². The van der Waals surface area contributed by atoms with Crippen molar-refractivity contribution in [3.05, 3.63) is 44.4 Å². The number of rotatable bonds is 2. The number of carbonyl (C=O) groups is 1. The molecule has 0 atom stereocenters. The standard InChI is InChI=1S/C15H15BrN2OS/c1-9-10(5-4-6-11(9)16)14(19)18-15-17-12-7-2-3-8-13(12)20-15/h4-6H,2-3,7-8H2,1H3,(H,17,18,19). The highest BCUT2D eigenvalue weighted by Crippen LogP contribution is 2.30. The van der Waals surface area contributed by atoms with Gasteiger partial charge in [0.25, 0.3) is 5.91 Å². The van der Waals surface area contributed by atoms with Crippen molar-refractivity contribution in [2.45, 2.75) is 32.6 Å². The van der Waals surface area contributed by atoms with E-state index >= 15 is 0 Å². The summed E-state index contributed by atoms with van der Waals surface area (Å²) in [4.78, 5) is 18.2. The van der Waals surface area contributed by atoms with E-state index < -0.39 is 0 Å². The number of anilines is 1. The minimum absolute atomic E-state index is 0.0881. The number of halogens is 1. The summed E-state index contributed by atoms with van der Waals surface area (Å²) in [6.45, 7) is 1.94. The van der Waals surface area contributed by atoms with E-state index in [4.69, 9.17) is 0 Å². The van der Waals surface area contributed by atoms with E-state index in [0.29, 0.717) is 5.56 Å². The molecule has 1 amide bonds. The molecule has 2 aromatic rings. The molecule has 0 bridgehead atoms. The number of benzene rings is 1. The Bertz CT molecular complexity index is 642. The Balaban J connectivity index is 1.82. The molecular formula is C15H15BrN2OS. The van der Waals surface area contributed by atoms with Crippen molar-refractivity contribution in [2.24, 2.45) is 0 Å². The third-order valence-corrected chi connectivity index (χ3v) is 5.51. The number of nitrogens with zero attached hydrogens (tertiary/aromatic N) is 1. The van der Waals surface area contributed by atoms with E-state index in [1.54, 1.807) is 11.3 Å². The summed E-state index contributed by atoms with van der Waals surface area (Å²) in [5.41, 5.74) is 2.81. The molecule has 5 heteroatoms. The molecule has 3 rings (SSSR count). The number of aryl methyl sites for hydroxylation is 2. The van der Waals surface area contributed by atoms with Crippen molar-refractivity contribution in [3.63, 3.8) is 0 Å². The predicted octanol–water partition coefficient (Wildman–Crippen LogP) is 4.35. The molecule has 1 aromatic carbocycles. The van der Waals surface area contributed by atoms with Gasteiger partial charge in [-0.25, -0.2) is 4.98 Å². The SMILES string of the molecule is Cc1c(Br)cccc1C(=O)Nc1nc2c(s1)CCCC2. The average Bonchev–Trinajstić information content (AvgIpc) is 2.83. The van der Waals surface area contributed by atoms with Crippen molar-refractivity contribution < 1.29 is 4.79 Å². The van der Waals surface area contributed by atoms with Gasteiger partial charge in [0.15, 0.2) is 5.13 Å². The molecule has 0 saturated carbocycles. The summed E-state index contributed by atoms with van der Waals surface area (Å²) in [6, 6.07) is 5.65. The van der Waals surface area contributed by atoms with Crippen molar-refractivity contribution >= 4 is 38.3 Å². The number of hydrogen-bond donors (Lipinski definition) is 1. The molecule has 0 aliphatic heterocycles. The van der Waals surface area contributed by atoms with Crippen LogP contribution in [0.5, 0.6) is 0 Å². The van der Waals surface area contributed by atoms with Gasteiger partial charge in [0.05, 0.1) is 5.69 Å². The number of hydrogen-bond acceptors (Lipinski definition) is 3. The fourth-order valence-electron chi connectivity index (χ4n) is 2.42. The van der Waals surface area contributed by atoms with E-state index in [2.05, 4.69) is 26.2 Å². The minimum Gasteiger partial charge on any atom is -0.298 e. The minimum atomic E-state index is -0.0881. The van der Waals surface area contributed by atoms with Crippen LogP contribution in [0.2, 0.25) is 0 Å². The largest absolute Gasteiger partial charge is 0.298 e. The lowest BCUT2D eigenvalue weighted by atomic mass is 10.0. The maximum absolute atomic E-state index is 12.3. The van der Waals surface area contributed by atoms with Gasteiger partial charge in [-0.15, -0.1) is 11.3 Å². The first-order valence-corrected chi connectivity index (χ1v) is 8.31. The fourth-order valence-corrected chi connectivity index (χ4v) is 3.83. The van der Waals surface area contributed by atoms with Gasteiger partial charge in [0.2, 0.25) is 0 Å². The van der Waals surface area contributed by atoms with Gasteiger partial charge in [-0.1, -0.05) is 22.0 Å². The Morgan fingerprint density at radius 1 is 1.35 bits per heavy atom. The molecule has 1 N–H and O–H groups in total. The number of fused-ring (bicyclic) bond motifs is 1. The van der Waals surface area contributed by atoms with Crippen molar-refractivity contribution in [1.29, 1.82) is 0 Å². The molecule has 1 aromatic heterocycles. The molecule has 0 fully saturated rings. The molecule has 104 valence electrons. The van der Waals surface area contributed by atoms with Crippen molar-refractivity contribution in [1.82, 2.24) is 4.98 Å². The van der Waals surface area contributed by atoms with Crippen LogP contribution in [0.3, 0.4) is 0 Å². The molecule has 1 heterocycles. The van der Waals surface area contributed by atoms with E-state index in [1.165, 1.54) is 23.4 Å². The average molecular weight is 351 g/mol. The smallest absolute Gasteiger partial charge is 0.257 e. The third kappa shape index (κ3) is 2.65. The van der Waals surface area contributed by atoms with E-state index in [-0.39, 0.29) is 5.91 Å². The monoisotopic (exact) mass is 350 g/mol. The van der Waals surface area contributed by atoms with Crippen LogP contribution >= 0.6 is 27.3 Å². The molecule has 0 spiro atoms. The third-order valence-electron chi connectivity index (χ3n) is 3.58. The van der Waals surface area contributed by atoms with Crippen LogP contribution in [0.25, 0.3) is 0 Å². The van der Waals surface area contributed by atoms with Gasteiger partial charge in [-0.05, 0) is 50.3 Å². The van der Waals surface area contributed by atoms with Gasteiger partial charge < -0.3 is 0 Å². The second kappa shape index (κ2) is 5.66. The highest BCUT2D eigenvalue weighted by Gasteiger charge is 2.17. The number of amides is 1. The normalized spacial score (nSPS) is 13.9.